The highest BCUT2D eigenvalue weighted by Gasteiger charge is 2.23. The first-order chi connectivity index (χ1) is 7.81. The Labute approximate surface area is 106 Å². The molecule has 0 amide bonds. The van der Waals surface area contributed by atoms with Crippen LogP contribution < -0.4 is 5.73 Å². The van der Waals surface area contributed by atoms with E-state index < -0.39 is 0 Å². The number of thioether (sulfide) groups is 2. The molecule has 1 aromatic rings. The first kappa shape index (κ1) is 12.3. The van der Waals surface area contributed by atoms with Gasteiger partial charge in [-0.3, -0.25) is 4.68 Å². The molecule has 0 aliphatic carbocycles. The molecule has 16 heavy (non-hydrogen) atoms. The van der Waals surface area contributed by atoms with Gasteiger partial charge in [0.1, 0.15) is 0 Å². The van der Waals surface area contributed by atoms with Crippen molar-refractivity contribution < 1.29 is 0 Å². The van der Waals surface area contributed by atoms with Crippen LogP contribution >= 0.6 is 23.5 Å². The van der Waals surface area contributed by atoms with Gasteiger partial charge >= 0.3 is 0 Å². The Hall–Kier alpha value is -0.130. The average Bonchev–Trinajstić information content (AvgIpc) is 2.78. The summed E-state index contributed by atoms with van der Waals surface area (Å²) in [6.45, 7) is 3.15. The molecule has 0 aromatic carbocycles. The Bertz CT molecular complexity index is 321. The average molecular weight is 257 g/mol. The molecule has 2 rings (SSSR count). The zero-order valence-electron chi connectivity index (χ0n) is 9.63. The molecule has 2 N–H and O–H groups in total. The SMILES string of the molecule is CCCn1cc(C(N)C2CSCCS2)cn1. The largest absolute Gasteiger partial charge is 0.323 e. The van der Waals surface area contributed by atoms with Gasteiger partial charge in [-0.1, -0.05) is 6.92 Å². The zero-order chi connectivity index (χ0) is 11.4. The minimum absolute atomic E-state index is 0.142. The van der Waals surface area contributed by atoms with Crippen molar-refractivity contribution in [3.63, 3.8) is 0 Å². The van der Waals surface area contributed by atoms with Crippen LogP contribution in [-0.4, -0.2) is 32.3 Å². The minimum Gasteiger partial charge on any atom is -0.323 e. The molecule has 0 bridgehead atoms. The Morgan fingerprint density at radius 2 is 2.50 bits per heavy atom. The van der Waals surface area contributed by atoms with E-state index in [1.165, 1.54) is 22.8 Å². The number of rotatable bonds is 4. The Morgan fingerprint density at radius 3 is 3.19 bits per heavy atom. The molecule has 2 heterocycles. The van der Waals surface area contributed by atoms with Crippen molar-refractivity contribution in [3.05, 3.63) is 18.0 Å². The molecule has 1 aliphatic heterocycles. The van der Waals surface area contributed by atoms with Crippen LogP contribution in [0.15, 0.2) is 12.4 Å². The van der Waals surface area contributed by atoms with Gasteiger partial charge in [0.2, 0.25) is 0 Å². The van der Waals surface area contributed by atoms with E-state index in [1.807, 2.05) is 34.4 Å². The highest BCUT2D eigenvalue weighted by Crippen LogP contribution is 2.31. The summed E-state index contributed by atoms with van der Waals surface area (Å²) in [4.78, 5) is 0. The van der Waals surface area contributed by atoms with Crippen molar-refractivity contribution in [2.75, 3.05) is 17.3 Å². The van der Waals surface area contributed by atoms with Gasteiger partial charge in [0.05, 0.1) is 6.20 Å². The molecule has 3 nitrogen and oxygen atoms in total. The molecular formula is C11H19N3S2. The molecular weight excluding hydrogens is 238 g/mol. The number of nitrogens with zero attached hydrogens (tertiary/aromatic N) is 2. The molecule has 2 unspecified atom stereocenters. The topological polar surface area (TPSA) is 43.8 Å². The Balaban J connectivity index is 1.98. The normalized spacial score (nSPS) is 23.2. The van der Waals surface area contributed by atoms with Crippen molar-refractivity contribution >= 4 is 23.5 Å². The second kappa shape index (κ2) is 5.98. The van der Waals surface area contributed by atoms with Crippen LogP contribution in [0.25, 0.3) is 0 Å². The molecule has 1 saturated heterocycles. The van der Waals surface area contributed by atoms with E-state index in [0.717, 1.165) is 13.0 Å². The summed E-state index contributed by atoms with van der Waals surface area (Å²) >= 11 is 4.02. The van der Waals surface area contributed by atoms with E-state index in [4.69, 9.17) is 5.73 Å². The van der Waals surface area contributed by atoms with Gasteiger partial charge in [-0.25, -0.2) is 0 Å². The van der Waals surface area contributed by atoms with E-state index >= 15 is 0 Å². The Morgan fingerprint density at radius 1 is 1.62 bits per heavy atom. The van der Waals surface area contributed by atoms with Crippen LogP contribution in [0.1, 0.15) is 24.9 Å². The fourth-order valence-corrected chi connectivity index (χ4v) is 4.63. The molecule has 0 spiro atoms. The summed E-state index contributed by atoms with van der Waals surface area (Å²) in [6, 6.07) is 0.142. The quantitative estimate of drug-likeness (QED) is 0.897. The highest BCUT2D eigenvalue weighted by molar-refractivity contribution is 8.06. The first-order valence-electron chi connectivity index (χ1n) is 5.78. The first-order valence-corrected chi connectivity index (χ1v) is 7.99. The highest BCUT2D eigenvalue weighted by atomic mass is 32.2. The van der Waals surface area contributed by atoms with Crippen LogP contribution in [-0.2, 0) is 6.54 Å². The maximum atomic E-state index is 6.29. The van der Waals surface area contributed by atoms with Crippen molar-refractivity contribution in [1.29, 1.82) is 0 Å². The zero-order valence-corrected chi connectivity index (χ0v) is 11.3. The number of hydrogen-bond acceptors (Lipinski definition) is 4. The van der Waals surface area contributed by atoms with Gasteiger partial charge in [0.25, 0.3) is 0 Å². The van der Waals surface area contributed by atoms with Crippen LogP contribution in [0, 0.1) is 0 Å². The summed E-state index contributed by atoms with van der Waals surface area (Å²) in [5.74, 6) is 3.67. The molecule has 90 valence electrons. The van der Waals surface area contributed by atoms with Gasteiger partial charge < -0.3 is 5.73 Å². The number of nitrogens with two attached hydrogens (primary N) is 1. The van der Waals surface area contributed by atoms with Gasteiger partial charge in [-0.05, 0) is 6.42 Å². The van der Waals surface area contributed by atoms with E-state index in [9.17, 15) is 0 Å². The van der Waals surface area contributed by atoms with Crippen molar-refractivity contribution in [1.82, 2.24) is 9.78 Å². The predicted molar refractivity (Wildman–Crippen MR) is 73.0 cm³/mol. The monoisotopic (exact) mass is 257 g/mol. The molecule has 0 radical (unpaired) electrons. The molecule has 2 atom stereocenters. The number of hydrogen-bond donors (Lipinski definition) is 1. The maximum Gasteiger partial charge on any atom is 0.0537 e. The van der Waals surface area contributed by atoms with E-state index in [2.05, 4.69) is 18.2 Å². The molecule has 5 heteroatoms. The van der Waals surface area contributed by atoms with Crippen LogP contribution in [0.4, 0.5) is 0 Å². The third kappa shape index (κ3) is 2.96. The smallest absolute Gasteiger partial charge is 0.0537 e. The predicted octanol–water partition coefficient (Wildman–Crippen LogP) is 2.14. The fraction of sp³-hybridized carbons (Fsp3) is 0.727. The minimum atomic E-state index is 0.142. The van der Waals surface area contributed by atoms with Crippen molar-refractivity contribution in [3.8, 4) is 0 Å². The van der Waals surface area contributed by atoms with Gasteiger partial charge in [-0.15, -0.1) is 0 Å². The second-order valence-corrected chi connectivity index (χ2v) is 6.54. The van der Waals surface area contributed by atoms with Gasteiger partial charge in [0, 0.05) is 46.9 Å². The van der Waals surface area contributed by atoms with Crippen LogP contribution in [0.5, 0.6) is 0 Å². The number of aromatic nitrogens is 2. The molecule has 0 saturated carbocycles. The van der Waals surface area contributed by atoms with E-state index in [0.29, 0.717) is 5.25 Å². The van der Waals surface area contributed by atoms with E-state index in [-0.39, 0.29) is 6.04 Å². The lowest BCUT2D eigenvalue weighted by Gasteiger charge is -2.25. The molecule has 1 aromatic heterocycles. The van der Waals surface area contributed by atoms with Crippen LogP contribution in [0.3, 0.4) is 0 Å². The summed E-state index contributed by atoms with van der Waals surface area (Å²) in [5.41, 5.74) is 7.48. The van der Waals surface area contributed by atoms with E-state index in [1.54, 1.807) is 0 Å². The molecule has 1 aliphatic rings. The lowest BCUT2D eigenvalue weighted by atomic mass is 10.1. The Kier molecular flexibility index (Phi) is 4.61. The maximum absolute atomic E-state index is 6.29. The summed E-state index contributed by atoms with van der Waals surface area (Å²) in [7, 11) is 0. The third-order valence-corrected chi connectivity index (χ3v) is 5.62. The summed E-state index contributed by atoms with van der Waals surface area (Å²) in [5, 5.41) is 4.90. The van der Waals surface area contributed by atoms with Crippen molar-refractivity contribution in [2.24, 2.45) is 5.73 Å². The number of aryl methyl sites for hydroxylation is 1. The van der Waals surface area contributed by atoms with Gasteiger partial charge in [0.15, 0.2) is 0 Å². The summed E-state index contributed by atoms with van der Waals surface area (Å²) in [6.07, 6.45) is 5.15. The van der Waals surface area contributed by atoms with Crippen molar-refractivity contribution in [2.45, 2.75) is 31.2 Å². The fourth-order valence-electron chi connectivity index (χ4n) is 1.83. The second-order valence-electron chi connectivity index (χ2n) is 4.05. The van der Waals surface area contributed by atoms with Gasteiger partial charge in [-0.2, -0.15) is 28.6 Å². The standard InChI is InChI=1S/C11H19N3S2/c1-2-3-14-7-9(6-13-14)11(12)10-8-15-4-5-16-10/h6-7,10-11H,2-5,8,12H2,1H3. The lowest BCUT2D eigenvalue weighted by Crippen LogP contribution is -2.28. The summed E-state index contributed by atoms with van der Waals surface area (Å²) < 4.78 is 2.00. The lowest BCUT2D eigenvalue weighted by molar-refractivity contribution is 0.601. The third-order valence-electron chi connectivity index (χ3n) is 2.73. The van der Waals surface area contributed by atoms with Crippen LogP contribution in [0.2, 0.25) is 0 Å². The molecule has 1 fully saturated rings.